The molecule has 0 aliphatic carbocycles. The summed E-state index contributed by atoms with van der Waals surface area (Å²) in [7, 11) is 0. The summed E-state index contributed by atoms with van der Waals surface area (Å²) in [4.78, 5) is 0. The monoisotopic (exact) mass is 210 g/mol. The van der Waals surface area contributed by atoms with E-state index in [0.717, 1.165) is 12.8 Å². The minimum Gasteiger partial charge on any atom is -0.393 e. The molecule has 0 fully saturated rings. The number of aliphatic hydroxyl groups excluding tert-OH is 1. The van der Waals surface area contributed by atoms with Crippen LogP contribution in [0.3, 0.4) is 0 Å². The Morgan fingerprint density at radius 2 is 2.00 bits per heavy atom. The van der Waals surface area contributed by atoms with Crippen LogP contribution in [0.1, 0.15) is 32.3 Å². The predicted molar refractivity (Wildman–Crippen MR) is 60.2 cm³/mol. The Morgan fingerprint density at radius 1 is 1.33 bits per heavy atom. The molecule has 2 atom stereocenters. The van der Waals surface area contributed by atoms with Crippen LogP contribution in [0.4, 0.5) is 4.39 Å². The van der Waals surface area contributed by atoms with Crippen molar-refractivity contribution in [3.63, 3.8) is 0 Å². The van der Waals surface area contributed by atoms with Crippen molar-refractivity contribution in [2.75, 3.05) is 0 Å². The van der Waals surface area contributed by atoms with Crippen molar-refractivity contribution in [2.45, 2.75) is 39.2 Å². The third kappa shape index (κ3) is 3.63. The van der Waals surface area contributed by atoms with Crippen LogP contribution < -0.4 is 0 Å². The molecule has 84 valence electrons. The molecule has 0 aliphatic rings. The minimum atomic E-state index is -0.443. The van der Waals surface area contributed by atoms with Gasteiger partial charge in [0.25, 0.3) is 0 Å². The van der Waals surface area contributed by atoms with Gasteiger partial charge in [-0.15, -0.1) is 0 Å². The Balaban J connectivity index is 2.58. The van der Waals surface area contributed by atoms with Gasteiger partial charge in [-0.05, 0) is 24.0 Å². The first kappa shape index (κ1) is 12.2. The van der Waals surface area contributed by atoms with E-state index >= 15 is 0 Å². The molecule has 2 heteroatoms. The standard InChI is InChI=1S/C13H19FO/c1-3-6-10(2)13(15)9-11-7-4-5-8-12(11)14/h4-5,7-8,10,13,15H,3,6,9H2,1-2H3. The molecule has 0 spiro atoms. The first-order chi connectivity index (χ1) is 7.15. The normalized spacial score (nSPS) is 14.9. The highest BCUT2D eigenvalue weighted by Crippen LogP contribution is 2.16. The quantitative estimate of drug-likeness (QED) is 0.791. The lowest BCUT2D eigenvalue weighted by molar-refractivity contribution is 0.111. The zero-order valence-corrected chi connectivity index (χ0v) is 9.41. The highest BCUT2D eigenvalue weighted by Gasteiger charge is 2.15. The molecule has 0 saturated carbocycles. The number of aliphatic hydroxyl groups is 1. The van der Waals surface area contributed by atoms with Crippen molar-refractivity contribution in [2.24, 2.45) is 5.92 Å². The zero-order chi connectivity index (χ0) is 11.3. The second kappa shape index (κ2) is 5.86. The number of halogens is 1. The van der Waals surface area contributed by atoms with Gasteiger partial charge in [-0.25, -0.2) is 4.39 Å². The van der Waals surface area contributed by atoms with Gasteiger partial charge in [0, 0.05) is 6.42 Å². The van der Waals surface area contributed by atoms with E-state index in [9.17, 15) is 9.50 Å². The fourth-order valence-electron chi connectivity index (χ4n) is 1.74. The molecule has 0 heterocycles. The summed E-state index contributed by atoms with van der Waals surface area (Å²) >= 11 is 0. The molecule has 0 radical (unpaired) electrons. The number of hydrogen-bond donors (Lipinski definition) is 1. The summed E-state index contributed by atoms with van der Waals surface area (Å²) in [5, 5.41) is 9.86. The third-order valence-electron chi connectivity index (χ3n) is 2.79. The highest BCUT2D eigenvalue weighted by atomic mass is 19.1. The van der Waals surface area contributed by atoms with Gasteiger partial charge in [-0.1, -0.05) is 38.5 Å². The van der Waals surface area contributed by atoms with Crippen molar-refractivity contribution < 1.29 is 9.50 Å². The maximum atomic E-state index is 13.3. The van der Waals surface area contributed by atoms with Crippen LogP contribution >= 0.6 is 0 Å². The van der Waals surface area contributed by atoms with E-state index < -0.39 is 6.10 Å². The van der Waals surface area contributed by atoms with E-state index in [0.29, 0.717) is 12.0 Å². The van der Waals surface area contributed by atoms with E-state index in [1.54, 1.807) is 18.2 Å². The highest BCUT2D eigenvalue weighted by molar-refractivity contribution is 5.18. The molecule has 1 N–H and O–H groups in total. The Hall–Kier alpha value is -0.890. The Morgan fingerprint density at radius 3 is 2.60 bits per heavy atom. The molecule has 0 aromatic heterocycles. The topological polar surface area (TPSA) is 20.2 Å². The number of hydrogen-bond acceptors (Lipinski definition) is 1. The van der Waals surface area contributed by atoms with Crippen LogP contribution in [-0.2, 0) is 6.42 Å². The van der Waals surface area contributed by atoms with E-state index in [-0.39, 0.29) is 11.7 Å². The molecule has 0 amide bonds. The van der Waals surface area contributed by atoms with E-state index in [4.69, 9.17) is 0 Å². The average Bonchev–Trinajstić information content (AvgIpc) is 2.21. The van der Waals surface area contributed by atoms with Crippen LogP contribution in [0.5, 0.6) is 0 Å². The molecule has 1 rings (SSSR count). The van der Waals surface area contributed by atoms with Gasteiger partial charge < -0.3 is 5.11 Å². The Labute approximate surface area is 90.9 Å². The van der Waals surface area contributed by atoms with Crippen molar-refractivity contribution in [1.82, 2.24) is 0 Å². The predicted octanol–water partition coefficient (Wildman–Crippen LogP) is 3.17. The largest absolute Gasteiger partial charge is 0.393 e. The number of benzene rings is 1. The molecular weight excluding hydrogens is 191 g/mol. The van der Waals surface area contributed by atoms with Crippen LogP contribution in [0.15, 0.2) is 24.3 Å². The molecule has 2 unspecified atom stereocenters. The first-order valence-corrected chi connectivity index (χ1v) is 5.56. The van der Waals surface area contributed by atoms with Gasteiger partial charge in [0.05, 0.1) is 6.10 Å². The van der Waals surface area contributed by atoms with E-state index in [1.165, 1.54) is 6.07 Å². The summed E-state index contributed by atoms with van der Waals surface area (Å²) in [5.41, 5.74) is 0.605. The van der Waals surface area contributed by atoms with Crippen LogP contribution in [-0.4, -0.2) is 11.2 Å². The molecule has 0 aliphatic heterocycles. The van der Waals surface area contributed by atoms with Gasteiger partial charge in [0.15, 0.2) is 0 Å². The SMILES string of the molecule is CCCC(C)C(O)Cc1ccccc1F. The molecular formula is C13H19FO. The summed E-state index contributed by atoms with van der Waals surface area (Å²) in [6.45, 7) is 4.10. The van der Waals surface area contributed by atoms with Crippen molar-refractivity contribution in [3.05, 3.63) is 35.6 Å². The van der Waals surface area contributed by atoms with Crippen LogP contribution in [0.2, 0.25) is 0 Å². The summed E-state index contributed by atoms with van der Waals surface area (Å²) in [5.74, 6) is 0.00912. The zero-order valence-electron chi connectivity index (χ0n) is 9.41. The lowest BCUT2D eigenvalue weighted by Gasteiger charge is -2.18. The van der Waals surface area contributed by atoms with Gasteiger partial charge in [0.2, 0.25) is 0 Å². The van der Waals surface area contributed by atoms with E-state index in [1.807, 2.05) is 6.92 Å². The second-order valence-electron chi connectivity index (χ2n) is 4.13. The fraction of sp³-hybridized carbons (Fsp3) is 0.538. The minimum absolute atomic E-state index is 0.222. The maximum Gasteiger partial charge on any atom is 0.126 e. The molecule has 1 aromatic carbocycles. The fourth-order valence-corrected chi connectivity index (χ4v) is 1.74. The van der Waals surface area contributed by atoms with Crippen LogP contribution in [0.25, 0.3) is 0 Å². The van der Waals surface area contributed by atoms with Gasteiger partial charge in [0.1, 0.15) is 5.82 Å². The lowest BCUT2D eigenvalue weighted by atomic mass is 9.94. The van der Waals surface area contributed by atoms with Gasteiger partial charge >= 0.3 is 0 Å². The van der Waals surface area contributed by atoms with Crippen LogP contribution in [0, 0.1) is 11.7 Å². The third-order valence-corrected chi connectivity index (χ3v) is 2.79. The van der Waals surface area contributed by atoms with Crippen molar-refractivity contribution in [1.29, 1.82) is 0 Å². The smallest absolute Gasteiger partial charge is 0.126 e. The van der Waals surface area contributed by atoms with Crippen molar-refractivity contribution >= 4 is 0 Å². The van der Waals surface area contributed by atoms with Crippen molar-refractivity contribution in [3.8, 4) is 0 Å². The van der Waals surface area contributed by atoms with E-state index in [2.05, 4.69) is 6.92 Å². The number of rotatable bonds is 5. The average molecular weight is 210 g/mol. The first-order valence-electron chi connectivity index (χ1n) is 5.56. The Bertz CT molecular complexity index is 298. The van der Waals surface area contributed by atoms with Gasteiger partial charge in [-0.2, -0.15) is 0 Å². The summed E-state index contributed by atoms with van der Waals surface area (Å²) < 4.78 is 13.3. The summed E-state index contributed by atoms with van der Waals surface area (Å²) in [6.07, 6.45) is 2.00. The Kier molecular flexibility index (Phi) is 4.76. The maximum absolute atomic E-state index is 13.3. The molecule has 1 nitrogen and oxygen atoms in total. The summed E-state index contributed by atoms with van der Waals surface area (Å²) in [6, 6.07) is 6.64. The van der Waals surface area contributed by atoms with Gasteiger partial charge in [-0.3, -0.25) is 0 Å². The molecule has 0 saturated heterocycles. The molecule has 1 aromatic rings. The second-order valence-corrected chi connectivity index (χ2v) is 4.13. The molecule has 0 bridgehead atoms. The molecule has 15 heavy (non-hydrogen) atoms. The lowest BCUT2D eigenvalue weighted by Crippen LogP contribution is -2.20.